The molecule has 0 aliphatic rings. The molecule has 1 atom stereocenters. The largest absolute Gasteiger partial charge is 0.389 e. The van der Waals surface area contributed by atoms with Crippen molar-refractivity contribution >= 4 is 0 Å². The van der Waals surface area contributed by atoms with Gasteiger partial charge < -0.3 is 10.4 Å². The summed E-state index contributed by atoms with van der Waals surface area (Å²) in [5, 5.41) is 17.5. The average molecular weight is 240 g/mol. The van der Waals surface area contributed by atoms with Crippen LogP contribution in [0, 0.1) is 5.92 Å². The molecule has 0 amide bonds. The molecule has 1 unspecified atom stereocenters. The Labute approximate surface area is 103 Å². The summed E-state index contributed by atoms with van der Waals surface area (Å²) in [5.41, 5.74) is -0.661. The fourth-order valence-electron chi connectivity index (χ4n) is 2.08. The van der Waals surface area contributed by atoms with Crippen LogP contribution in [0.3, 0.4) is 0 Å². The van der Waals surface area contributed by atoms with Gasteiger partial charge in [0.15, 0.2) is 0 Å². The molecule has 0 radical (unpaired) electrons. The van der Waals surface area contributed by atoms with E-state index < -0.39 is 5.60 Å². The molecule has 0 aliphatic heterocycles. The van der Waals surface area contributed by atoms with E-state index >= 15 is 0 Å². The maximum absolute atomic E-state index is 10.1. The second-order valence-electron chi connectivity index (χ2n) is 5.19. The molecule has 1 aromatic rings. The van der Waals surface area contributed by atoms with Gasteiger partial charge in [-0.05, 0) is 26.2 Å². The molecule has 5 heteroatoms. The summed E-state index contributed by atoms with van der Waals surface area (Å²) < 4.78 is 1.85. The first-order valence-electron chi connectivity index (χ1n) is 6.24. The minimum absolute atomic E-state index is 0.492. The summed E-state index contributed by atoms with van der Waals surface area (Å²) in [7, 11) is 0. The zero-order valence-corrected chi connectivity index (χ0v) is 11.3. The molecule has 0 saturated heterocycles. The van der Waals surface area contributed by atoms with E-state index in [1.165, 1.54) is 0 Å². The highest BCUT2D eigenvalue weighted by molar-refractivity contribution is 4.85. The quantitative estimate of drug-likeness (QED) is 0.751. The van der Waals surface area contributed by atoms with Crippen molar-refractivity contribution in [3.05, 3.63) is 12.2 Å². The third-order valence-electron chi connectivity index (χ3n) is 2.63. The van der Waals surface area contributed by atoms with E-state index in [0.717, 1.165) is 18.8 Å². The van der Waals surface area contributed by atoms with Crippen LogP contribution in [0.15, 0.2) is 6.33 Å². The number of aromatic nitrogens is 3. The Morgan fingerprint density at radius 3 is 2.82 bits per heavy atom. The summed E-state index contributed by atoms with van der Waals surface area (Å²) >= 11 is 0. The van der Waals surface area contributed by atoms with Crippen LogP contribution in [0.5, 0.6) is 0 Å². The van der Waals surface area contributed by atoms with E-state index in [9.17, 15) is 5.11 Å². The summed E-state index contributed by atoms with van der Waals surface area (Å²) in [5.74, 6) is 1.40. The number of rotatable bonds is 7. The molecular weight excluding hydrogens is 216 g/mol. The van der Waals surface area contributed by atoms with E-state index in [-0.39, 0.29) is 0 Å². The Morgan fingerprint density at radius 1 is 1.53 bits per heavy atom. The van der Waals surface area contributed by atoms with Crippen molar-refractivity contribution in [3.63, 3.8) is 0 Å². The minimum atomic E-state index is -0.661. The first-order valence-corrected chi connectivity index (χ1v) is 6.24. The zero-order chi connectivity index (χ0) is 12.9. The van der Waals surface area contributed by atoms with Crippen LogP contribution < -0.4 is 5.32 Å². The standard InChI is InChI=1S/C12H24N4O/c1-5-16-11(14-9-15-16)7-13-8-12(4,17)6-10(2)3/h9-10,13,17H,5-8H2,1-4H3. The Bertz CT molecular complexity index is 333. The molecule has 1 rings (SSSR count). The summed E-state index contributed by atoms with van der Waals surface area (Å²) in [6, 6.07) is 0. The fourth-order valence-corrected chi connectivity index (χ4v) is 2.08. The number of hydrogen-bond acceptors (Lipinski definition) is 4. The van der Waals surface area contributed by atoms with E-state index in [2.05, 4.69) is 29.2 Å². The SMILES string of the molecule is CCn1ncnc1CNCC(C)(O)CC(C)C. The molecule has 0 spiro atoms. The molecule has 1 aromatic heterocycles. The number of aryl methyl sites for hydroxylation is 1. The lowest BCUT2D eigenvalue weighted by Crippen LogP contribution is -2.39. The van der Waals surface area contributed by atoms with Crippen LogP contribution in [0.4, 0.5) is 0 Å². The van der Waals surface area contributed by atoms with Gasteiger partial charge in [-0.3, -0.25) is 0 Å². The first-order chi connectivity index (χ1) is 7.94. The lowest BCUT2D eigenvalue weighted by atomic mass is 9.94. The van der Waals surface area contributed by atoms with Gasteiger partial charge in [-0.2, -0.15) is 5.10 Å². The van der Waals surface area contributed by atoms with Crippen molar-refractivity contribution in [2.45, 2.75) is 52.8 Å². The maximum atomic E-state index is 10.1. The summed E-state index contributed by atoms with van der Waals surface area (Å²) in [6.07, 6.45) is 2.35. The van der Waals surface area contributed by atoms with Crippen molar-refractivity contribution < 1.29 is 5.11 Å². The van der Waals surface area contributed by atoms with Gasteiger partial charge in [0, 0.05) is 13.1 Å². The molecule has 1 heterocycles. The van der Waals surface area contributed by atoms with Crippen molar-refractivity contribution in [2.24, 2.45) is 5.92 Å². The monoisotopic (exact) mass is 240 g/mol. The number of hydrogen-bond donors (Lipinski definition) is 2. The zero-order valence-electron chi connectivity index (χ0n) is 11.3. The summed E-state index contributed by atoms with van der Waals surface area (Å²) in [4.78, 5) is 4.18. The van der Waals surface area contributed by atoms with Crippen LogP contribution in [0.1, 0.15) is 39.9 Å². The molecular formula is C12H24N4O. The number of nitrogens with zero attached hydrogens (tertiary/aromatic N) is 3. The van der Waals surface area contributed by atoms with Gasteiger partial charge in [-0.25, -0.2) is 9.67 Å². The van der Waals surface area contributed by atoms with Crippen LogP contribution in [-0.4, -0.2) is 32.0 Å². The lowest BCUT2D eigenvalue weighted by molar-refractivity contribution is 0.0381. The molecule has 0 saturated carbocycles. The van der Waals surface area contributed by atoms with E-state index in [1.54, 1.807) is 6.33 Å². The Kier molecular flexibility index (Phi) is 5.08. The third kappa shape index (κ3) is 4.83. The fraction of sp³-hybridized carbons (Fsp3) is 0.833. The Morgan fingerprint density at radius 2 is 2.24 bits per heavy atom. The van der Waals surface area contributed by atoms with Crippen LogP contribution >= 0.6 is 0 Å². The van der Waals surface area contributed by atoms with Crippen LogP contribution in [0.2, 0.25) is 0 Å². The van der Waals surface area contributed by atoms with Gasteiger partial charge in [0.05, 0.1) is 12.1 Å². The minimum Gasteiger partial charge on any atom is -0.389 e. The Balaban J connectivity index is 2.37. The molecule has 17 heavy (non-hydrogen) atoms. The van der Waals surface area contributed by atoms with Gasteiger partial charge in [0.25, 0.3) is 0 Å². The van der Waals surface area contributed by atoms with E-state index in [0.29, 0.717) is 19.0 Å². The second kappa shape index (κ2) is 6.12. The van der Waals surface area contributed by atoms with Gasteiger partial charge in [0.1, 0.15) is 12.2 Å². The highest BCUT2D eigenvalue weighted by Crippen LogP contribution is 2.15. The molecule has 5 nitrogen and oxygen atoms in total. The average Bonchev–Trinajstić information content (AvgIpc) is 2.62. The van der Waals surface area contributed by atoms with Gasteiger partial charge in [-0.15, -0.1) is 0 Å². The smallest absolute Gasteiger partial charge is 0.140 e. The van der Waals surface area contributed by atoms with Crippen molar-refractivity contribution in [3.8, 4) is 0 Å². The lowest BCUT2D eigenvalue weighted by Gasteiger charge is -2.25. The molecule has 0 fully saturated rings. The Hall–Kier alpha value is -0.940. The topological polar surface area (TPSA) is 63.0 Å². The van der Waals surface area contributed by atoms with Crippen LogP contribution in [0.25, 0.3) is 0 Å². The van der Waals surface area contributed by atoms with Crippen molar-refractivity contribution in [2.75, 3.05) is 6.54 Å². The predicted octanol–water partition coefficient (Wildman–Crippen LogP) is 1.18. The molecule has 98 valence electrons. The predicted molar refractivity (Wildman–Crippen MR) is 67.5 cm³/mol. The maximum Gasteiger partial charge on any atom is 0.140 e. The van der Waals surface area contributed by atoms with E-state index in [4.69, 9.17) is 0 Å². The van der Waals surface area contributed by atoms with E-state index in [1.807, 2.05) is 18.5 Å². The van der Waals surface area contributed by atoms with Crippen molar-refractivity contribution in [1.82, 2.24) is 20.1 Å². The molecule has 0 aromatic carbocycles. The first kappa shape index (κ1) is 14.1. The summed E-state index contributed by atoms with van der Waals surface area (Å²) in [6.45, 7) is 10.2. The number of nitrogens with one attached hydrogen (secondary N) is 1. The van der Waals surface area contributed by atoms with Crippen LogP contribution in [-0.2, 0) is 13.1 Å². The normalized spacial score (nSPS) is 15.2. The highest BCUT2D eigenvalue weighted by Gasteiger charge is 2.21. The highest BCUT2D eigenvalue weighted by atomic mass is 16.3. The van der Waals surface area contributed by atoms with Gasteiger partial charge >= 0.3 is 0 Å². The van der Waals surface area contributed by atoms with Gasteiger partial charge in [0.2, 0.25) is 0 Å². The van der Waals surface area contributed by atoms with Crippen molar-refractivity contribution in [1.29, 1.82) is 0 Å². The van der Waals surface area contributed by atoms with Gasteiger partial charge in [-0.1, -0.05) is 13.8 Å². The second-order valence-corrected chi connectivity index (χ2v) is 5.19. The molecule has 0 aliphatic carbocycles. The third-order valence-corrected chi connectivity index (χ3v) is 2.63. The molecule has 2 N–H and O–H groups in total. The number of aliphatic hydroxyl groups is 1. The molecule has 0 bridgehead atoms.